The summed E-state index contributed by atoms with van der Waals surface area (Å²) in [6, 6.07) is 10.5. The fourth-order valence-electron chi connectivity index (χ4n) is 3.38. The number of hydrogen-bond donors (Lipinski definition) is 0. The minimum absolute atomic E-state index is 0.0106. The molecular formula is C24H13BrF5N3O4. The number of nitro benzene ring substituents is 1. The molecule has 0 N–H and O–H groups in total. The zero-order valence-corrected chi connectivity index (χ0v) is 20.2. The van der Waals surface area contributed by atoms with Crippen LogP contribution in [0, 0.1) is 39.2 Å². The fraction of sp³-hybridized carbons (Fsp3) is 0.0833. The van der Waals surface area contributed by atoms with E-state index in [1.165, 1.54) is 25.1 Å². The summed E-state index contributed by atoms with van der Waals surface area (Å²) in [6.45, 7) is 1.45. The zero-order valence-electron chi connectivity index (χ0n) is 18.6. The van der Waals surface area contributed by atoms with E-state index in [9.17, 15) is 36.9 Å². The van der Waals surface area contributed by atoms with Crippen molar-refractivity contribution in [3.63, 3.8) is 0 Å². The highest BCUT2D eigenvalue weighted by Crippen LogP contribution is 2.34. The number of rotatable bonds is 6. The lowest BCUT2D eigenvalue weighted by molar-refractivity contribution is -0.384. The SMILES string of the molecule is CC1=NN(c2c(F)c(F)c(F)c(F)c2F)C(=O)/C1=C/c1ccc(OCc2ccc([N+](=O)[O-])cc2)c(Br)c1. The topological polar surface area (TPSA) is 85.0 Å². The number of nitro groups is 1. The molecule has 3 aromatic rings. The molecule has 37 heavy (non-hydrogen) atoms. The first kappa shape index (κ1) is 25.9. The van der Waals surface area contributed by atoms with E-state index in [0.29, 0.717) is 21.3 Å². The van der Waals surface area contributed by atoms with Crippen LogP contribution >= 0.6 is 15.9 Å². The number of carbonyl (C=O) groups excluding carboxylic acids is 1. The number of ether oxygens (including phenoxy) is 1. The second-order valence-electron chi connectivity index (χ2n) is 7.68. The van der Waals surface area contributed by atoms with Crippen LogP contribution in [0.5, 0.6) is 5.75 Å². The molecule has 0 fully saturated rings. The van der Waals surface area contributed by atoms with E-state index in [1.807, 2.05) is 0 Å². The smallest absolute Gasteiger partial charge is 0.280 e. The molecule has 190 valence electrons. The van der Waals surface area contributed by atoms with Gasteiger partial charge < -0.3 is 4.74 Å². The molecule has 0 unspecified atom stereocenters. The number of halogens is 6. The molecule has 3 aromatic carbocycles. The minimum atomic E-state index is -2.34. The second-order valence-corrected chi connectivity index (χ2v) is 8.54. The molecule has 0 spiro atoms. The summed E-state index contributed by atoms with van der Waals surface area (Å²) in [7, 11) is 0. The van der Waals surface area contributed by atoms with Gasteiger partial charge in [-0.3, -0.25) is 14.9 Å². The maximum Gasteiger partial charge on any atom is 0.280 e. The minimum Gasteiger partial charge on any atom is -0.488 e. The molecule has 1 heterocycles. The lowest BCUT2D eigenvalue weighted by Gasteiger charge is -2.15. The van der Waals surface area contributed by atoms with Gasteiger partial charge in [0, 0.05) is 12.1 Å². The molecule has 13 heteroatoms. The fourth-order valence-corrected chi connectivity index (χ4v) is 3.89. The molecule has 0 aliphatic carbocycles. The van der Waals surface area contributed by atoms with Gasteiger partial charge >= 0.3 is 0 Å². The molecule has 0 saturated heterocycles. The van der Waals surface area contributed by atoms with Crippen molar-refractivity contribution in [1.29, 1.82) is 0 Å². The third-order valence-corrected chi connectivity index (χ3v) is 5.89. The number of non-ortho nitro benzene ring substituents is 1. The highest BCUT2D eigenvalue weighted by Gasteiger charge is 2.37. The van der Waals surface area contributed by atoms with Crippen LogP contribution in [0.3, 0.4) is 0 Å². The second kappa shape index (κ2) is 10.1. The summed E-state index contributed by atoms with van der Waals surface area (Å²) in [6.07, 6.45) is 1.33. The average molecular weight is 582 g/mol. The summed E-state index contributed by atoms with van der Waals surface area (Å²) in [5.41, 5.74) is -0.548. The van der Waals surface area contributed by atoms with Crippen LogP contribution < -0.4 is 9.75 Å². The Morgan fingerprint density at radius 2 is 1.59 bits per heavy atom. The Morgan fingerprint density at radius 1 is 1.00 bits per heavy atom. The largest absolute Gasteiger partial charge is 0.488 e. The lowest BCUT2D eigenvalue weighted by atomic mass is 10.1. The van der Waals surface area contributed by atoms with Gasteiger partial charge in [-0.15, -0.1) is 0 Å². The summed E-state index contributed by atoms with van der Waals surface area (Å²) in [5, 5.41) is 14.6. The number of amides is 1. The van der Waals surface area contributed by atoms with Gasteiger partial charge in [0.15, 0.2) is 23.3 Å². The van der Waals surface area contributed by atoms with Gasteiger partial charge in [-0.2, -0.15) is 10.1 Å². The Bertz CT molecular complexity index is 1480. The Hall–Kier alpha value is -4.13. The van der Waals surface area contributed by atoms with Crippen molar-refractivity contribution in [2.45, 2.75) is 13.5 Å². The van der Waals surface area contributed by atoms with E-state index in [-0.39, 0.29) is 28.6 Å². The van der Waals surface area contributed by atoms with Crippen LogP contribution in [0.1, 0.15) is 18.1 Å². The summed E-state index contributed by atoms with van der Waals surface area (Å²) < 4.78 is 75.2. The first-order valence-electron chi connectivity index (χ1n) is 10.3. The van der Waals surface area contributed by atoms with E-state index in [1.54, 1.807) is 30.3 Å². The molecule has 0 bridgehead atoms. The van der Waals surface area contributed by atoms with Gasteiger partial charge in [0.1, 0.15) is 18.0 Å². The number of nitrogens with zero attached hydrogens (tertiary/aromatic N) is 3. The highest BCUT2D eigenvalue weighted by molar-refractivity contribution is 9.10. The van der Waals surface area contributed by atoms with Crippen molar-refractivity contribution in [2.75, 3.05) is 5.01 Å². The van der Waals surface area contributed by atoms with Crippen LogP contribution in [0.15, 0.2) is 57.6 Å². The summed E-state index contributed by atoms with van der Waals surface area (Å²) >= 11 is 3.33. The maximum atomic E-state index is 14.2. The standard InChI is InChI=1S/C24H13BrF5N3O4/c1-11-15(24(34)32(31-11)23-21(29)19(27)18(26)20(28)22(23)30)8-13-4-7-17(16(25)9-13)37-10-12-2-5-14(6-3-12)33(35)36/h2-9H,10H2,1H3/b15-8+. The Kier molecular flexibility index (Phi) is 7.07. The van der Waals surface area contributed by atoms with Gasteiger partial charge in [0.25, 0.3) is 11.6 Å². The van der Waals surface area contributed by atoms with Crippen molar-refractivity contribution in [3.05, 3.63) is 103 Å². The van der Waals surface area contributed by atoms with Crippen molar-refractivity contribution in [3.8, 4) is 5.75 Å². The summed E-state index contributed by atoms with van der Waals surface area (Å²) in [5.74, 6) is -11.8. The van der Waals surface area contributed by atoms with Gasteiger partial charge in [-0.25, -0.2) is 22.0 Å². The van der Waals surface area contributed by atoms with Crippen molar-refractivity contribution in [2.24, 2.45) is 5.10 Å². The molecule has 0 atom stereocenters. The van der Waals surface area contributed by atoms with E-state index < -0.39 is 45.6 Å². The number of anilines is 1. The first-order valence-corrected chi connectivity index (χ1v) is 11.1. The monoisotopic (exact) mass is 581 g/mol. The van der Waals surface area contributed by atoms with Gasteiger partial charge in [0.2, 0.25) is 5.82 Å². The third-order valence-electron chi connectivity index (χ3n) is 5.27. The van der Waals surface area contributed by atoms with Crippen LogP contribution in [0.4, 0.5) is 33.3 Å². The Balaban J connectivity index is 1.55. The van der Waals surface area contributed by atoms with Crippen molar-refractivity contribution >= 4 is 45.0 Å². The van der Waals surface area contributed by atoms with E-state index in [4.69, 9.17) is 4.74 Å². The normalized spacial score (nSPS) is 14.4. The molecule has 1 aliphatic heterocycles. The zero-order chi connectivity index (χ0) is 27.0. The van der Waals surface area contributed by atoms with E-state index in [0.717, 1.165) is 0 Å². The summed E-state index contributed by atoms with van der Waals surface area (Å²) in [4.78, 5) is 23.0. The number of hydrogen-bond acceptors (Lipinski definition) is 5. The van der Waals surface area contributed by atoms with Crippen molar-refractivity contribution in [1.82, 2.24) is 0 Å². The Labute approximate surface area is 213 Å². The van der Waals surface area contributed by atoms with Gasteiger partial charge in [-0.1, -0.05) is 6.07 Å². The van der Waals surface area contributed by atoms with Crippen LogP contribution in [0.25, 0.3) is 6.08 Å². The first-order chi connectivity index (χ1) is 17.5. The molecule has 4 rings (SSSR count). The van der Waals surface area contributed by atoms with E-state index in [2.05, 4.69) is 21.0 Å². The number of carbonyl (C=O) groups is 1. The van der Waals surface area contributed by atoms with E-state index >= 15 is 0 Å². The predicted molar refractivity (Wildman–Crippen MR) is 126 cm³/mol. The molecular weight excluding hydrogens is 569 g/mol. The quantitative estimate of drug-likeness (QED) is 0.0837. The molecule has 7 nitrogen and oxygen atoms in total. The van der Waals surface area contributed by atoms with Gasteiger partial charge in [0.05, 0.1) is 20.7 Å². The Morgan fingerprint density at radius 3 is 2.16 bits per heavy atom. The third kappa shape index (κ3) is 4.94. The van der Waals surface area contributed by atoms with Crippen LogP contribution in [-0.2, 0) is 11.4 Å². The van der Waals surface area contributed by atoms with Crippen LogP contribution in [0.2, 0.25) is 0 Å². The van der Waals surface area contributed by atoms with Gasteiger partial charge in [-0.05, 0) is 64.3 Å². The predicted octanol–water partition coefficient (Wildman–Crippen LogP) is 6.44. The molecule has 1 amide bonds. The molecule has 0 radical (unpaired) electrons. The lowest BCUT2D eigenvalue weighted by Crippen LogP contribution is -2.25. The van der Waals surface area contributed by atoms with Crippen LogP contribution in [-0.4, -0.2) is 16.5 Å². The molecule has 0 saturated carbocycles. The number of hydrazone groups is 1. The maximum absolute atomic E-state index is 14.2. The number of benzene rings is 3. The van der Waals surface area contributed by atoms with Crippen molar-refractivity contribution < 1.29 is 36.4 Å². The molecule has 1 aliphatic rings. The molecule has 0 aromatic heterocycles. The average Bonchev–Trinajstić information content (AvgIpc) is 3.14. The highest BCUT2D eigenvalue weighted by atomic mass is 79.9.